The zero-order chi connectivity index (χ0) is 22.5. The van der Waals surface area contributed by atoms with Crippen LogP contribution in [0, 0.1) is 0 Å². The van der Waals surface area contributed by atoms with E-state index in [0.717, 1.165) is 6.07 Å². The molecule has 8 nitrogen and oxygen atoms in total. The SMILES string of the molecule is O=c1[nH]cc(-c2cc(N3CCC(c4ccccc4C(F)(F)F)C3)c3nccn3n2)c(=O)[nH]1. The van der Waals surface area contributed by atoms with Crippen molar-refractivity contribution in [2.24, 2.45) is 0 Å². The Balaban J connectivity index is 1.55. The molecular formula is C21H17F3N6O2. The zero-order valence-corrected chi connectivity index (χ0v) is 16.6. The Kier molecular flexibility index (Phi) is 4.61. The van der Waals surface area contributed by atoms with E-state index in [1.807, 2.05) is 4.90 Å². The molecule has 32 heavy (non-hydrogen) atoms. The van der Waals surface area contributed by atoms with E-state index in [1.54, 1.807) is 24.5 Å². The van der Waals surface area contributed by atoms with Crippen LogP contribution in [-0.2, 0) is 6.18 Å². The molecule has 1 saturated heterocycles. The second kappa shape index (κ2) is 7.36. The summed E-state index contributed by atoms with van der Waals surface area (Å²) in [6.45, 7) is 0.881. The molecule has 0 amide bonds. The lowest BCUT2D eigenvalue weighted by molar-refractivity contribution is -0.138. The highest BCUT2D eigenvalue weighted by atomic mass is 19.4. The van der Waals surface area contributed by atoms with Crippen LogP contribution >= 0.6 is 0 Å². The molecule has 3 aromatic heterocycles. The summed E-state index contributed by atoms with van der Waals surface area (Å²) in [4.78, 5) is 34.5. The van der Waals surface area contributed by atoms with Gasteiger partial charge in [-0.2, -0.15) is 18.3 Å². The van der Waals surface area contributed by atoms with Gasteiger partial charge in [-0.05, 0) is 24.1 Å². The van der Waals surface area contributed by atoms with Crippen LogP contribution in [0.2, 0.25) is 0 Å². The number of halogens is 3. The number of alkyl halides is 3. The van der Waals surface area contributed by atoms with Crippen LogP contribution in [0.3, 0.4) is 0 Å². The first-order valence-electron chi connectivity index (χ1n) is 9.89. The molecule has 1 aliphatic rings. The van der Waals surface area contributed by atoms with Gasteiger partial charge in [0, 0.05) is 37.6 Å². The molecule has 0 radical (unpaired) electrons. The van der Waals surface area contributed by atoms with E-state index in [9.17, 15) is 22.8 Å². The predicted octanol–water partition coefficient (Wildman–Crippen LogP) is 2.79. The molecule has 0 bridgehead atoms. The van der Waals surface area contributed by atoms with Gasteiger partial charge >= 0.3 is 11.9 Å². The molecular weight excluding hydrogens is 425 g/mol. The predicted molar refractivity (Wildman–Crippen MR) is 111 cm³/mol. The number of imidazole rings is 1. The van der Waals surface area contributed by atoms with E-state index in [-0.39, 0.29) is 17.0 Å². The number of rotatable bonds is 3. The minimum Gasteiger partial charge on any atom is -0.368 e. The number of benzene rings is 1. The van der Waals surface area contributed by atoms with Gasteiger partial charge in [0.15, 0.2) is 5.65 Å². The van der Waals surface area contributed by atoms with Crippen molar-refractivity contribution in [3.8, 4) is 11.3 Å². The minimum atomic E-state index is -4.42. The standard InChI is InChI=1S/C21H17F3N6O2/c22-21(23,24)15-4-2-1-3-13(15)12-5-7-29(11-12)17-9-16(28-30-8-6-25-18(17)30)14-10-26-20(32)27-19(14)31/h1-4,6,8-10,12H,5,7,11H2,(H2,26,27,31,32). The van der Waals surface area contributed by atoms with Crippen LogP contribution in [-0.4, -0.2) is 37.7 Å². The fourth-order valence-electron chi connectivity index (χ4n) is 4.21. The van der Waals surface area contributed by atoms with E-state index < -0.39 is 23.0 Å². The van der Waals surface area contributed by atoms with Crippen LogP contribution in [0.25, 0.3) is 16.9 Å². The Hall–Kier alpha value is -3.89. The van der Waals surface area contributed by atoms with Crippen molar-refractivity contribution in [3.63, 3.8) is 0 Å². The van der Waals surface area contributed by atoms with Crippen molar-refractivity contribution >= 4 is 11.3 Å². The molecule has 5 rings (SSSR count). The van der Waals surface area contributed by atoms with Gasteiger partial charge in [0.25, 0.3) is 5.56 Å². The molecule has 4 heterocycles. The van der Waals surface area contributed by atoms with Crippen LogP contribution in [0.4, 0.5) is 18.9 Å². The number of nitrogens with one attached hydrogen (secondary N) is 2. The van der Waals surface area contributed by atoms with Crippen molar-refractivity contribution in [1.29, 1.82) is 0 Å². The van der Waals surface area contributed by atoms with Gasteiger partial charge in [0.05, 0.1) is 16.8 Å². The number of anilines is 1. The third kappa shape index (κ3) is 3.45. The van der Waals surface area contributed by atoms with E-state index in [1.165, 1.54) is 22.8 Å². The number of hydrogen-bond donors (Lipinski definition) is 2. The molecule has 164 valence electrons. The minimum absolute atomic E-state index is 0.166. The Morgan fingerprint density at radius 2 is 1.97 bits per heavy atom. The Morgan fingerprint density at radius 3 is 2.75 bits per heavy atom. The first-order valence-corrected chi connectivity index (χ1v) is 9.89. The Morgan fingerprint density at radius 1 is 1.16 bits per heavy atom. The van der Waals surface area contributed by atoms with E-state index in [4.69, 9.17) is 0 Å². The van der Waals surface area contributed by atoms with Gasteiger partial charge < -0.3 is 9.88 Å². The van der Waals surface area contributed by atoms with Gasteiger partial charge in [-0.1, -0.05) is 18.2 Å². The van der Waals surface area contributed by atoms with Crippen LogP contribution < -0.4 is 16.1 Å². The molecule has 0 aliphatic carbocycles. The summed E-state index contributed by atoms with van der Waals surface area (Å²) in [5.41, 5.74) is 0.0818. The second-order valence-corrected chi connectivity index (χ2v) is 7.61. The number of hydrogen-bond acceptors (Lipinski definition) is 5. The molecule has 1 aromatic carbocycles. The number of nitrogens with zero attached hydrogens (tertiary/aromatic N) is 4. The summed E-state index contributed by atoms with van der Waals surface area (Å²) >= 11 is 0. The summed E-state index contributed by atoms with van der Waals surface area (Å²) < 4.78 is 42.0. The van der Waals surface area contributed by atoms with Gasteiger partial charge in [-0.25, -0.2) is 14.3 Å². The normalized spacial score (nSPS) is 16.7. The van der Waals surface area contributed by atoms with E-state index in [0.29, 0.717) is 36.5 Å². The fraction of sp³-hybridized carbons (Fsp3) is 0.238. The maximum atomic E-state index is 13.5. The molecule has 4 aromatic rings. The summed E-state index contributed by atoms with van der Waals surface area (Å²) in [7, 11) is 0. The third-order valence-corrected chi connectivity index (χ3v) is 5.67. The zero-order valence-electron chi connectivity index (χ0n) is 16.6. The van der Waals surface area contributed by atoms with Gasteiger partial charge in [0.1, 0.15) is 5.69 Å². The number of aromatic nitrogens is 5. The molecule has 11 heteroatoms. The average Bonchev–Trinajstić information content (AvgIpc) is 3.42. The van der Waals surface area contributed by atoms with Crippen molar-refractivity contribution < 1.29 is 13.2 Å². The summed E-state index contributed by atoms with van der Waals surface area (Å²) in [5.74, 6) is -0.309. The van der Waals surface area contributed by atoms with Crippen molar-refractivity contribution in [1.82, 2.24) is 24.6 Å². The Bertz CT molecular complexity index is 1420. The van der Waals surface area contributed by atoms with Crippen molar-refractivity contribution in [3.05, 3.63) is 80.9 Å². The largest absolute Gasteiger partial charge is 0.416 e. The molecule has 1 atom stereocenters. The van der Waals surface area contributed by atoms with Gasteiger partial charge in [0.2, 0.25) is 0 Å². The van der Waals surface area contributed by atoms with Crippen LogP contribution in [0.5, 0.6) is 0 Å². The van der Waals surface area contributed by atoms with Crippen molar-refractivity contribution in [2.45, 2.75) is 18.5 Å². The van der Waals surface area contributed by atoms with Crippen LogP contribution in [0.1, 0.15) is 23.5 Å². The lowest BCUT2D eigenvalue weighted by atomic mass is 9.93. The van der Waals surface area contributed by atoms with Crippen LogP contribution in [0.15, 0.2) is 58.5 Å². The van der Waals surface area contributed by atoms with E-state index in [2.05, 4.69) is 20.1 Å². The average molecular weight is 442 g/mol. The van der Waals surface area contributed by atoms with Gasteiger partial charge in [-0.3, -0.25) is 9.78 Å². The fourth-order valence-corrected chi connectivity index (χ4v) is 4.21. The number of aromatic amines is 2. The molecule has 1 fully saturated rings. The number of H-pyrrole nitrogens is 2. The molecule has 1 aliphatic heterocycles. The second-order valence-electron chi connectivity index (χ2n) is 7.61. The summed E-state index contributed by atoms with van der Waals surface area (Å²) in [6, 6.07) is 7.32. The third-order valence-electron chi connectivity index (χ3n) is 5.67. The molecule has 0 saturated carbocycles. The maximum Gasteiger partial charge on any atom is 0.416 e. The van der Waals surface area contributed by atoms with E-state index >= 15 is 0 Å². The quantitative estimate of drug-likeness (QED) is 0.508. The summed E-state index contributed by atoms with van der Waals surface area (Å²) in [5, 5.41) is 4.39. The first-order chi connectivity index (χ1) is 15.3. The Labute approximate surface area is 178 Å². The maximum absolute atomic E-state index is 13.5. The van der Waals surface area contributed by atoms with Gasteiger partial charge in [-0.15, -0.1) is 0 Å². The topological polar surface area (TPSA) is 99.2 Å². The first kappa shape index (κ1) is 20.0. The monoisotopic (exact) mass is 442 g/mol. The highest BCUT2D eigenvalue weighted by Crippen LogP contribution is 2.40. The highest BCUT2D eigenvalue weighted by Gasteiger charge is 2.37. The molecule has 0 spiro atoms. The molecule has 1 unspecified atom stereocenters. The summed E-state index contributed by atoms with van der Waals surface area (Å²) in [6.07, 6.45) is 0.572. The lowest BCUT2D eigenvalue weighted by Crippen LogP contribution is -2.24. The smallest absolute Gasteiger partial charge is 0.368 e. The van der Waals surface area contributed by atoms with Crippen molar-refractivity contribution in [2.75, 3.05) is 18.0 Å². The highest BCUT2D eigenvalue weighted by molar-refractivity contribution is 5.74. The number of fused-ring (bicyclic) bond motifs is 1. The molecule has 2 N–H and O–H groups in total. The lowest BCUT2D eigenvalue weighted by Gasteiger charge is -2.21.